The van der Waals surface area contributed by atoms with Crippen molar-refractivity contribution < 1.29 is 24.1 Å². The first kappa shape index (κ1) is 15.6. The fourth-order valence-corrected chi connectivity index (χ4v) is 1.71. The molecular formula is C14H19FO4. The Kier molecular flexibility index (Phi) is 5.03. The number of hydrogen-bond acceptors (Lipinski definition) is 3. The number of aliphatic hydroxyl groups excluding tert-OH is 1. The van der Waals surface area contributed by atoms with Gasteiger partial charge < -0.3 is 14.9 Å². The Balaban J connectivity index is 2.91. The summed E-state index contributed by atoms with van der Waals surface area (Å²) in [6.07, 6.45) is -1.39. The van der Waals surface area contributed by atoms with Crippen LogP contribution in [0.4, 0.5) is 4.39 Å². The zero-order valence-corrected chi connectivity index (χ0v) is 11.3. The molecule has 0 aliphatic heterocycles. The molecule has 1 aromatic rings. The van der Waals surface area contributed by atoms with Gasteiger partial charge in [0.2, 0.25) is 0 Å². The van der Waals surface area contributed by atoms with Crippen molar-refractivity contribution in [3.8, 4) is 0 Å². The second-order valence-electron chi connectivity index (χ2n) is 4.91. The van der Waals surface area contributed by atoms with Crippen molar-refractivity contribution in [1.29, 1.82) is 0 Å². The van der Waals surface area contributed by atoms with Gasteiger partial charge >= 0.3 is 5.97 Å². The molecule has 0 fully saturated rings. The number of benzene rings is 1. The van der Waals surface area contributed by atoms with Gasteiger partial charge in [-0.05, 0) is 38.5 Å². The van der Waals surface area contributed by atoms with Crippen LogP contribution >= 0.6 is 0 Å². The van der Waals surface area contributed by atoms with Crippen molar-refractivity contribution in [3.05, 3.63) is 35.6 Å². The molecule has 19 heavy (non-hydrogen) atoms. The molecule has 3 atom stereocenters. The standard InChI is InChI=1S/C14H19FO4/c1-9(16)10(2)19-14(3,13(17)18)8-11-5-4-6-12(15)7-11/h4-7,9-10,16H,8H2,1-3H3,(H,17,18). The minimum atomic E-state index is -1.51. The van der Waals surface area contributed by atoms with Crippen LogP contribution in [0.3, 0.4) is 0 Å². The minimum absolute atomic E-state index is 0.0250. The van der Waals surface area contributed by atoms with Crippen LogP contribution < -0.4 is 0 Å². The molecule has 0 aliphatic rings. The predicted molar refractivity (Wildman–Crippen MR) is 68.4 cm³/mol. The van der Waals surface area contributed by atoms with Crippen molar-refractivity contribution in [3.63, 3.8) is 0 Å². The first-order valence-electron chi connectivity index (χ1n) is 6.08. The monoisotopic (exact) mass is 270 g/mol. The lowest BCUT2D eigenvalue weighted by Gasteiger charge is -2.30. The Morgan fingerprint density at radius 3 is 2.58 bits per heavy atom. The summed E-state index contributed by atoms with van der Waals surface area (Å²) >= 11 is 0. The molecule has 0 saturated carbocycles. The fourth-order valence-electron chi connectivity index (χ4n) is 1.71. The molecule has 4 nitrogen and oxygen atoms in total. The summed E-state index contributed by atoms with van der Waals surface area (Å²) in [6, 6.07) is 5.73. The van der Waals surface area contributed by atoms with Crippen LogP contribution in [-0.4, -0.2) is 34.0 Å². The molecular weight excluding hydrogens is 251 g/mol. The molecule has 0 bridgehead atoms. The van der Waals surface area contributed by atoms with Gasteiger partial charge in [0.05, 0.1) is 12.2 Å². The number of rotatable bonds is 6. The Hall–Kier alpha value is -1.46. The molecule has 0 saturated heterocycles. The quantitative estimate of drug-likeness (QED) is 0.829. The van der Waals surface area contributed by atoms with E-state index in [2.05, 4.69) is 0 Å². The molecule has 106 valence electrons. The lowest BCUT2D eigenvalue weighted by molar-refractivity contribution is -0.176. The summed E-state index contributed by atoms with van der Waals surface area (Å²) < 4.78 is 18.5. The third kappa shape index (κ3) is 4.29. The first-order valence-corrected chi connectivity index (χ1v) is 6.08. The number of aliphatic carboxylic acids is 1. The Morgan fingerprint density at radius 1 is 1.47 bits per heavy atom. The highest BCUT2D eigenvalue weighted by atomic mass is 19.1. The van der Waals surface area contributed by atoms with Gasteiger partial charge in [0.25, 0.3) is 0 Å². The molecule has 2 N–H and O–H groups in total. The molecule has 0 amide bonds. The van der Waals surface area contributed by atoms with Crippen LogP contribution in [0.15, 0.2) is 24.3 Å². The number of aliphatic hydroxyl groups is 1. The molecule has 0 radical (unpaired) electrons. The van der Waals surface area contributed by atoms with E-state index in [-0.39, 0.29) is 6.42 Å². The smallest absolute Gasteiger partial charge is 0.336 e. The molecule has 1 aromatic carbocycles. The molecule has 0 aromatic heterocycles. The normalized spacial score (nSPS) is 17.5. The van der Waals surface area contributed by atoms with Gasteiger partial charge in [0.15, 0.2) is 5.60 Å². The lowest BCUT2D eigenvalue weighted by atomic mass is 9.95. The van der Waals surface area contributed by atoms with Crippen LogP contribution in [0, 0.1) is 5.82 Å². The topological polar surface area (TPSA) is 66.8 Å². The van der Waals surface area contributed by atoms with Gasteiger partial charge in [-0.15, -0.1) is 0 Å². The number of carboxylic acid groups (broad SMARTS) is 1. The fraction of sp³-hybridized carbons (Fsp3) is 0.500. The number of hydrogen-bond donors (Lipinski definition) is 2. The van der Waals surface area contributed by atoms with E-state index in [4.69, 9.17) is 4.74 Å². The largest absolute Gasteiger partial charge is 0.479 e. The average Bonchev–Trinajstić information content (AvgIpc) is 2.28. The highest BCUT2D eigenvalue weighted by molar-refractivity contribution is 5.77. The number of ether oxygens (including phenoxy) is 1. The molecule has 3 unspecified atom stereocenters. The van der Waals surface area contributed by atoms with Crippen molar-refractivity contribution in [2.45, 2.75) is 45.0 Å². The van der Waals surface area contributed by atoms with Crippen molar-refractivity contribution in [2.24, 2.45) is 0 Å². The summed E-state index contributed by atoms with van der Waals surface area (Å²) in [5.74, 6) is -1.57. The Morgan fingerprint density at radius 2 is 2.11 bits per heavy atom. The van der Waals surface area contributed by atoms with Gasteiger partial charge in [-0.3, -0.25) is 0 Å². The summed E-state index contributed by atoms with van der Waals surface area (Å²) in [4.78, 5) is 11.4. The van der Waals surface area contributed by atoms with E-state index < -0.39 is 29.6 Å². The van der Waals surface area contributed by atoms with Crippen LogP contribution in [-0.2, 0) is 16.0 Å². The number of halogens is 1. The first-order chi connectivity index (χ1) is 8.74. The Labute approximate surface area is 111 Å². The molecule has 1 rings (SSSR count). The maximum Gasteiger partial charge on any atom is 0.336 e. The van der Waals surface area contributed by atoms with Crippen LogP contribution in [0.2, 0.25) is 0 Å². The number of carboxylic acids is 1. The van der Waals surface area contributed by atoms with Crippen LogP contribution in [0.25, 0.3) is 0 Å². The van der Waals surface area contributed by atoms with Crippen molar-refractivity contribution >= 4 is 5.97 Å². The van der Waals surface area contributed by atoms with E-state index in [0.29, 0.717) is 5.56 Å². The van der Waals surface area contributed by atoms with Gasteiger partial charge in [0, 0.05) is 6.42 Å². The van der Waals surface area contributed by atoms with Gasteiger partial charge in [0.1, 0.15) is 5.82 Å². The number of carbonyl (C=O) groups is 1. The molecule has 0 heterocycles. The average molecular weight is 270 g/mol. The molecule has 0 aliphatic carbocycles. The summed E-state index contributed by atoms with van der Waals surface area (Å²) in [7, 11) is 0. The van der Waals surface area contributed by atoms with Crippen molar-refractivity contribution in [2.75, 3.05) is 0 Å². The maximum atomic E-state index is 13.1. The van der Waals surface area contributed by atoms with E-state index >= 15 is 0 Å². The third-order valence-electron chi connectivity index (χ3n) is 3.01. The molecule has 5 heteroatoms. The van der Waals surface area contributed by atoms with Crippen LogP contribution in [0.1, 0.15) is 26.3 Å². The van der Waals surface area contributed by atoms with E-state index in [1.807, 2.05) is 0 Å². The molecule has 0 spiro atoms. The lowest BCUT2D eigenvalue weighted by Crippen LogP contribution is -2.45. The van der Waals surface area contributed by atoms with Gasteiger partial charge in [-0.1, -0.05) is 12.1 Å². The van der Waals surface area contributed by atoms with Crippen LogP contribution in [0.5, 0.6) is 0 Å². The highest BCUT2D eigenvalue weighted by Gasteiger charge is 2.37. The van der Waals surface area contributed by atoms with E-state index in [1.54, 1.807) is 13.0 Å². The maximum absolute atomic E-state index is 13.1. The SMILES string of the molecule is CC(O)C(C)OC(C)(Cc1cccc(F)c1)C(=O)O. The van der Waals surface area contributed by atoms with Gasteiger partial charge in [-0.2, -0.15) is 0 Å². The van der Waals surface area contributed by atoms with E-state index in [9.17, 15) is 19.4 Å². The summed E-state index contributed by atoms with van der Waals surface area (Å²) in [5.41, 5.74) is -0.979. The minimum Gasteiger partial charge on any atom is -0.479 e. The van der Waals surface area contributed by atoms with E-state index in [1.165, 1.54) is 32.0 Å². The highest BCUT2D eigenvalue weighted by Crippen LogP contribution is 2.22. The predicted octanol–water partition coefficient (Wildman–Crippen LogP) is 2.00. The van der Waals surface area contributed by atoms with E-state index in [0.717, 1.165) is 0 Å². The second-order valence-corrected chi connectivity index (χ2v) is 4.91. The second kappa shape index (κ2) is 6.12. The van der Waals surface area contributed by atoms with Gasteiger partial charge in [-0.25, -0.2) is 9.18 Å². The zero-order chi connectivity index (χ0) is 14.6. The summed E-state index contributed by atoms with van der Waals surface area (Å²) in [6.45, 7) is 4.53. The Bertz CT molecular complexity index is 447. The zero-order valence-electron chi connectivity index (χ0n) is 11.3. The van der Waals surface area contributed by atoms with Crippen molar-refractivity contribution in [1.82, 2.24) is 0 Å². The summed E-state index contributed by atoms with van der Waals surface area (Å²) in [5, 5.41) is 18.7. The third-order valence-corrected chi connectivity index (χ3v) is 3.01.